The van der Waals surface area contributed by atoms with Crippen molar-refractivity contribution < 1.29 is 8.78 Å². The number of nitrogens with zero attached hydrogens (tertiary/aromatic N) is 1. The van der Waals surface area contributed by atoms with Crippen molar-refractivity contribution in [1.29, 1.82) is 0 Å². The molecule has 1 heterocycles. The van der Waals surface area contributed by atoms with E-state index in [4.69, 9.17) is 5.84 Å². The van der Waals surface area contributed by atoms with Crippen molar-refractivity contribution in [2.24, 2.45) is 5.84 Å². The molecule has 0 saturated carbocycles. The molecule has 0 saturated heterocycles. The Morgan fingerprint density at radius 1 is 1.35 bits per heavy atom. The molecule has 1 unspecified atom stereocenters. The van der Waals surface area contributed by atoms with Crippen LogP contribution in [0, 0.1) is 18.6 Å². The molecule has 3 N–H and O–H groups in total. The minimum atomic E-state index is -0.888. The normalized spacial score (nSPS) is 12.7. The quantitative estimate of drug-likeness (QED) is 0.653. The summed E-state index contributed by atoms with van der Waals surface area (Å²) in [5.74, 6) is 3.64. The number of benzene rings is 1. The van der Waals surface area contributed by atoms with Crippen molar-refractivity contribution in [3.63, 3.8) is 0 Å². The van der Waals surface area contributed by atoms with Crippen LogP contribution in [0.25, 0.3) is 0 Å². The number of hydrogen-bond donors (Lipinski definition) is 2. The summed E-state index contributed by atoms with van der Waals surface area (Å²) >= 11 is 1.37. The second-order valence-electron chi connectivity index (χ2n) is 3.61. The maximum absolute atomic E-state index is 13.8. The van der Waals surface area contributed by atoms with Gasteiger partial charge in [-0.3, -0.25) is 5.84 Å². The Morgan fingerprint density at radius 3 is 2.71 bits per heavy atom. The van der Waals surface area contributed by atoms with E-state index in [1.54, 1.807) is 10.9 Å². The topological polar surface area (TPSA) is 50.9 Å². The number of nitrogens with one attached hydrogen (secondary N) is 1. The molecule has 1 aromatic heterocycles. The van der Waals surface area contributed by atoms with E-state index in [1.807, 2.05) is 0 Å². The van der Waals surface area contributed by atoms with Gasteiger partial charge in [-0.2, -0.15) is 0 Å². The lowest BCUT2D eigenvalue weighted by molar-refractivity contribution is 0.477. The van der Waals surface area contributed by atoms with Crippen molar-refractivity contribution in [3.8, 4) is 0 Å². The highest BCUT2D eigenvalue weighted by molar-refractivity contribution is 7.07. The Labute approximate surface area is 101 Å². The maximum Gasteiger partial charge on any atom is 0.164 e. The Hall–Kier alpha value is -1.37. The summed E-state index contributed by atoms with van der Waals surface area (Å²) in [4.78, 5) is 4.04. The summed E-state index contributed by atoms with van der Waals surface area (Å²) in [5, 5.41) is 1.74. The van der Waals surface area contributed by atoms with Gasteiger partial charge in [-0.1, -0.05) is 12.1 Å². The van der Waals surface area contributed by atoms with Gasteiger partial charge in [0.15, 0.2) is 11.6 Å². The van der Waals surface area contributed by atoms with Gasteiger partial charge in [0.05, 0.1) is 17.2 Å². The molecule has 2 rings (SSSR count). The standard InChI is InChI=1S/C11H11F2N3S/c1-6-2-3-7(10(13)9(6)12)11(16-14)8-4-17-5-15-8/h2-5,11,16H,14H2,1H3. The Morgan fingerprint density at radius 2 is 2.12 bits per heavy atom. The number of aromatic nitrogens is 1. The third kappa shape index (κ3) is 2.19. The van der Waals surface area contributed by atoms with Crippen molar-refractivity contribution in [3.05, 3.63) is 51.5 Å². The summed E-state index contributed by atoms with van der Waals surface area (Å²) < 4.78 is 27.3. The molecule has 1 aromatic carbocycles. The molecule has 17 heavy (non-hydrogen) atoms. The van der Waals surface area contributed by atoms with Crippen molar-refractivity contribution >= 4 is 11.3 Å². The zero-order chi connectivity index (χ0) is 12.4. The molecule has 6 heteroatoms. The number of aryl methyl sites for hydroxylation is 1. The zero-order valence-corrected chi connectivity index (χ0v) is 9.89. The van der Waals surface area contributed by atoms with Crippen LogP contribution < -0.4 is 11.3 Å². The largest absolute Gasteiger partial charge is 0.271 e. The third-order valence-corrected chi connectivity index (χ3v) is 3.13. The SMILES string of the molecule is Cc1ccc(C(NN)c2cscn2)c(F)c1F. The van der Waals surface area contributed by atoms with Crippen LogP contribution in [0.5, 0.6) is 0 Å². The lowest BCUT2D eigenvalue weighted by Gasteiger charge is -2.15. The van der Waals surface area contributed by atoms with E-state index in [-0.39, 0.29) is 11.1 Å². The highest BCUT2D eigenvalue weighted by Gasteiger charge is 2.21. The van der Waals surface area contributed by atoms with Crippen LogP contribution in [0.4, 0.5) is 8.78 Å². The summed E-state index contributed by atoms with van der Waals surface area (Å²) in [7, 11) is 0. The average Bonchev–Trinajstić information content (AvgIpc) is 2.84. The molecule has 1 atom stereocenters. The molecule has 0 radical (unpaired) electrons. The number of nitrogens with two attached hydrogens (primary N) is 1. The van der Waals surface area contributed by atoms with Crippen LogP contribution in [0.15, 0.2) is 23.0 Å². The molecule has 0 amide bonds. The second kappa shape index (κ2) is 4.87. The first-order chi connectivity index (χ1) is 8.15. The fourth-order valence-corrected chi connectivity index (χ4v) is 2.16. The lowest BCUT2D eigenvalue weighted by Crippen LogP contribution is -2.30. The third-order valence-electron chi connectivity index (χ3n) is 2.53. The second-order valence-corrected chi connectivity index (χ2v) is 4.33. The number of rotatable bonds is 3. The Balaban J connectivity index is 2.49. The molecule has 0 fully saturated rings. The van der Waals surface area contributed by atoms with Gasteiger partial charge >= 0.3 is 0 Å². The molecule has 0 aliphatic carbocycles. The van der Waals surface area contributed by atoms with E-state index in [9.17, 15) is 8.78 Å². The van der Waals surface area contributed by atoms with E-state index < -0.39 is 17.7 Å². The maximum atomic E-state index is 13.8. The van der Waals surface area contributed by atoms with Crippen LogP contribution in [0.1, 0.15) is 22.9 Å². The smallest absolute Gasteiger partial charge is 0.164 e. The first-order valence-corrected chi connectivity index (χ1v) is 5.88. The highest BCUT2D eigenvalue weighted by Crippen LogP contribution is 2.26. The van der Waals surface area contributed by atoms with Gasteiger partial charge in [-0.05, 0) is 12.5 Å². The van der Waals surface area contributed by atoms with Crippen LogP contribution in [-0.2, 0) is 0 Å². The van der Waals surface area contributed by atoms with E-state index in [1.165, 1.54) is 30.4 Å². The molecule has 0 aliphatic heterocycles. The number of thiazole rings is 1. The van der Waals surface area contributed by atoms with E-state index in [2.05, 4.69) is 10.4 Å². The number of halogens is 2. The fourth-order valence-electron chi connectivity index (χ4n) is 1.58. The molecule has 0 spiro atoms. The number of hydrazine groups is 1. The lowest BCUT2D eigenvalue weighted by atomic mass is 10.0. The minimum Gasteiger partial charge on any atom is -0.271 e. The molecular weight excluding hydrogens is 244 g/mol. The molecular formula is C11H11F2N3S. The van der Waals surface area contributed by atoms with Gasteiger partial charge in [0.2, 0.25) is 0 Å². The zero-order valence-electron chi connectivity index (χ0n) is 9.08. The van der Waals surface area contributed by atoms with Gasteiger partial charge in [0.25, 0.3) is 0 Å². The predicted octanol–water partition coefficient (Wildman–Crippen LogP) is 2.28. The molecule has 2 aromatic rings. The average molecular weight is 255 g/mol. The van der Waals surface area contributed by atoms with Crippen LogP contribution in [0.3, 0.4) is 0 Å². The van der Waals surface area contributed by atoms with Crippen molar-refractivity contribution in [2.75, 3.05) is 0 Å². The van der Waals surface area contributed by atoms with E-state index >= 15 is 0 Å². The monoisotopic (exact) mass is 255 g/mol. The molecule has 0 aliphatic rings. The van der Waals surface area contributed by atoms with Gasteiger partial charge in [-0.15, -0.1) is 11.3 Å². The van der Waals surface area contributed by atoms with Gasteiger partial charge in [-0.25, -0.2) is 19.2 Å². The summed E-state index contributed by atoms with van der Waals surface area (Å²) in [5.41, 5.74) is 5.05. The van der Waals surface area contributed by atoms with Gasteiger partial charge in [0, 0.05) is 10.9 Å². The van der Waals surface area contributed by atoms with Crippen LogP contribution in [-0.4, -0.2) is 4.98 Å². The van der Waals surface area contributed by atoms with Crippen LogP contribution >= 0.6 is 11.3 Å². The summed E-state index contributed by atoms with van der Waals surface area (Å²) in [6, 6.07) is 2.39. The van der Waals surface area contributed by atoms with Crippen LogP contribution in [0.2, 0.25) is 0 Å². The minimum absolute atomic E-state index is 0.154. The molecule has 90 valence electrons. The van der Waals surface area contributed by atoms with Gasteiger partial charge < -0.3 is 0 Å². The van der Waals surface area contributed by atoms with Gasteiger partial charge in [0.1, 0.15) is 0 Å². The summed E-state index contributed by atoms with van der Waals surface area (Å²) in [6.45, 7) is 1.51. The molecule has 3 nitrogen and oxygen atoms in total. The number of hydrogen-bond acceptors (Lipinski definition) is 4. The first-order valence-electron chi connectivity index (χ1n) is 4.94. The first kappa shape index (κ1) is 12.1. The van der Waals surface area contributed by atoms with E-state index in [0.717, 1.165) is 0 Å². The van der Waals surface area contributed by atoms with E-state index in [0.29, 0.717) is 5.69 Å². The Bertz CT molecular complexity index is 514. The van der Waals surface area contributed by atoms with Crippen molar-refractivity contribution in [1.82, 2.24) is 10.4 Å². The molecule has 0 bridgehead atoms. The van der Waals surface area contributed by atoms with Crippen molar-refractivity contribution in [2.45, 2.75) is 13.0 Å². The highest BCUT2D eigenvalue weighted by atomic mass is 32.1. The fraction of sp³-hybridized carbons (Fsp3) is 0.182. The Kier molecular flexibility index (Phi) is 3.46. The predicted molar refractivity (Wildman–Crippen MR) is 62.4 cm³/mol. The summed E-state index contributed by atoms with van der Waals surface area (Å²) in [6.07, 6.45) is 0.